The van der Waals surface area contributed by atoms with Gasteiger partial charge in [0.15, 0.2) is 0 Å². The molecular weight excluding hydrogens is 466 g/mol. The van der Waals surface area contributed by atoms with E-state index in [0.717, 1.165) is 35.6 Å². The number of anilines is 2. The van der Waals surface area contributed by atoms with Crippen LogP contribution in [-0.4, -0.2) is 38.3 Å². The number of amides is 1. The average Bonchev–Trinajstić information content (AvgIpc) is 2.88. The molecule has 34 heavy (non-hydrogen) atoms. The maximum Gasteiger partial charge on any atom is 0.243 e. The average molecular weight is 496 g/mol. The van der Waals surface area contributed by atoms with Gasteiger partial charge in [-0.15, -0.1) is 11.8 Å². The van der Waals surface area contributed by atoms with Crippen LogP contribution in [0.2, 0.25) is 0 Å². The number of nitrogens with zero attached hydrogens (tertiary/aromatic N) is 1. The standard InChI is InChI=1S/C26H29N3O3S2/c30-26(19-27-24-14-5-6-15-25(24)33-20-21-10-3-1-4-11-21)28-22-12-9-13-23(18-22)34(31,32)29-16-7-2-8-17-29/h1,3-6,9-15,18,27H,2,7-8,16-17,19-20H2,(H,28,30). The third kappa shape index (κ3) is 6.40. The van der Waals surface area contributed by atoms with Crippen LogP contribution in [-0.2, 0) is 20.6 Å². The molecule has 0 unspecified atom stereocenters. The van der Waals surface area contributed by atoms with E-state index in [1.807, 2.05) is 42.5 Å². The van der Waals surface area contributed by atoms with Crippen molar-refractivity contribution in [1.29, 1.82) is 0 Å². The number of carbonyl (C=O) groups is 1. The van der Waals surface area contributed by atoms with Crippen LogP contribution in [0.1, 0.15) is 24.8 Å². The topological polar surface area (TPSA) is 78.5 Å². The van der Waals surface area contributed by atoms with E-state index in [9.17, 15) is 13.2 Å². The quantitative estimate of drug-likeness (QED) is 0.399. The van der Waals surface area contributed by atoms with E-state index in [1.54, 1.807) is 30.0 Å². The minimum atomic E-state index is -3.55. The maximum atomic E-state index is 12.9. The van der Waals surface area contributed by atoms with Gasteiger partial charge in [-0.3, -0.25) is 4.79 Å². The predicted molar refractivity (Wildman–Crippen MR) is 139 cm³/mol. The maximum absolute atomic E-state index is 12.9. The number of piperidine rings is 1. The van der Waals surface area contributed by atoms with Crippen LogP contribution >= 0.6 is 11.8 Å². The Bertz CT molecular complexity index is 1210. The third-order valence-electron chi connectivity index (χ3n) is 5.63. The molecule has 1 aliphatic heterocycles. The Kier molecular flexibility index (Phi) is 8.26. The summed E-state index contributed by atoms with van der Waals surface area (Å²) in [4.78, 5) is 13.9. The first-order valence-electron chi connectivity index (χ1n) is 11.4. The van der Waals surface area contributed by atoms with Crippen LogP contribution in [0.3, 0.4) is 0 Å². The van der Waals surface area contributed by atoms with E-state index in [1.165, 1.54) is 15.9 Å². The molecule has 178 valence electrons. The second kappa shape index (κ2) is 11.6. The smallest absolute Gasteiger partial charge is 0.243 e. The van der Waals surface area contributed by atoms with Gasteiger partial charge in [0.2, 0.25) is 15.9 Å². The van der Waals surface area contributed by atoms with Gasteiger partial charge in [-0.1, -0.05) is 55.0 Å². The number of hydrogen-bond acceptors (Lipinski definition) is 5. The fraction of sp³-hybridized carbons (Fsp3) is 0.269. The summed E-state index contributed by atoms with van der Waals surface area (Å²) in [6, 6.07) is 24.6. The fourth-order valence-corrected chi connectivity index (χ4v) is 6.39. The van der Waals surface area contributed by atoms with Crippen LogP contribution in [0.5, 0.6) is 0 Å². The van der Waals surface area contributed by atoms with E-state index in [2.05, 4.69) is 22.8 Å². The van der Waals surface area contributed by atoms with Crippen LogP contribution in [0.4, 0.5) is 11.4 Å². The zero-order valence-corrected chi connectivity index (χ0v) is 20.6. The van der Waals surface area contributed by atoms with Crippen molar-refractivity contribution in [3.8, 4) is 0 Å². The van der Waals surface area contributed by atoms with Crippen molar-refractivity contribution in [2.75, 3.05) is 30.3 Å². The summed E-state index contributed by atoms with van der Waals surface area (Å²) in [6.45, 7) is 1.17. The van der Waals surface area contributed by atoms with E-state index in [0.29, 0.717) is 18.8 Å². The van der Waals surface area contributed by atoms with Crippen LogP contribution in [0.25, 0.3) is 0 Å². The zero-order valence-electron chi connectivity index (χ0n) is 18.9. The Labute approximate surface area is 205 Å². The van der Waals surface area contributed by atoms with Gasteiger partial charge in [0.05, 0.1) is 11.4 Å². The summed E-state index contributed by atoms with van der Waals surface area (Å²) in [5, 5.41) is 6.02. The molecule has 1 saturated heterocycles. The normalized spacial score (nSPS) is 14.5. The number of para-hydroxylation sites is 1. The number of rotatable bonds is 9. The largest absolute Gasteiger partial charge is 0.375 e. The highest BCUT2D eigenvalue weighted by molar-refractivity contribution is 7.98. The lowest BCUT2D eigenvalue weighted by molar-refractivity contribution is -0.114. The minimum absolute atomic E-state index is 0.0754. The second-order valence-electron chi connectivity index (χ2n) is 8.16. The molecule has 0 radical (unpaired) electrons. The Morgan fingerprint density at radius 3 is 2.41 bits per heavy atom. The number of thioether (sulfide) groups is 1. The molecule has 3 aromatic carbocycles. The van der Waals surface area contributed by atoms with Gasteiger partial charge >= 0.3 is 0 Å². The Morgan fingerprint density at radius 2 is 1.62 bits per heavy atom. The molecule has 2 N–H and O–H groups in total. The lowest BCUT2D eigenvalue weighted by atomic mass is 10.2. The molecule has 0 spiro atoms. The molecule has 0 aliphatic carbocycles. The first-order valence-corrected chi connectivity index (χ1v) is 13.8. The highest BCUT2D eigenvalue weighted by atomic mass is 32.2. The minimum Gasteiger partial charge on any atom is -0.375 e. The van der Waals surface area contributed by atoms with E-state index in [-0.39, 0.29) is 17.3 Å². The van der Waals surface area contributed by atoms with E-state index in [4.69, 9.17) is 0 Å². The number of carbonyl (C=O) groups excluding carboxylic acids is 1. The summed E-state index contributed by atoms with van der Waals surface area (Å²) < 4.78 is 27.4. The monoisotopic (exact) mass is 495 g/mol. The first kappa shape index (κ1) is 24.3. The molecule has 0 aromatic heterocycles. The first-order chi connectivity index (χ1) is 16.5. The van der Waals surface area contributed by atoms with Gasteiger partial charge < -0.3 is 10.6 Å². The van der Waals surface area contributed by atoms with E-state index < -0.39 is 10.0 Å². The SMILES string of the molecule is O=C(CNc1ccccc1SCc1ccccc1)Nc1cccc(S(=O)(=O)N2CCCCC2)c1. The molecule has 6 nitrogen and oxygen atoms in total. The predicted octanol–water partition coefficient (Wildman–Crippen LogP) is 5.20. The Hall–Kier alpha value is -2.81. The third-order valence-corrected chi connectivity index (χ3v) is 8.67. The summed E-state index contributed by atoms with van der Waals surface area (Å²) in [6.07, 6.45) is 2.82. The molecule has 1 heterocycles. The molecule has 1 fully saturated rings. The molecule has 4 rings (SSSR count). The van der Waals surface area contributed by atoms with Crippen molar-refractivity contribution < 1.29 is 13.2 Å². The van der Waals surface area contributed by atoms with Crippen molar-refractivity contribution in [1.82, 2.24) is 4.31 Å². The van der Waals surface area contributed by atoms with Crippen LogP contribution in [0.15, 0.2) is 88.7 Å². The number of hydrogen-bond donors (Lipinski definition) is 2. The summed E-state index contributed by atoms with van der Waals surface area (Å²) in [7, 11) is -3.55. The number of benzene rings is 3. The molecular formula is C26H29N3O3S2. The van der Waals surface area contributed by atoms with Gasteiger partial charge in [0.25, 0.3) is 0 Å². The number of sulfonamides is 1. The Balaban J connectivity index is 1.35. The molecule has 0 bridgehead atoms. The molecule has 1 amide bonds. The molecule has 0 saturated carbocycles. The van der Waals surface area contributed by atoms with E-state index >= 15 is 0 Å². The lowest BCUT2D eigenvalue weighted by Gasteiger charge is -2.26. The van der Waals surface area contributed by atoms with Crippen molar-refractivity contribution in [3.05, 3.63) is 84.4 Å². The summed E-state index contributed by atoms with van der Waals surface area (Å²) >= 11 is 1.71. The summed E-state index contributed by atoms with van der Waals surface area (Å²) in [5.74, 6) is 0.597. The highest BCUT2D eigenvalue weighted by Crippen LogP contribution is 2.29. The van der Waals surface area contributed by atoms with Crippen molar-refractivity contribution in [2.45, 2.75) is 34.8 Å². The van der Waals surface area contributed by atoms with Crippen molar-refractivity contribution in [3.63, 3.8) is 0 Å². The number of nitrogens with one attached hydrogen (secondary N) is 2. The highest BCUT2D eigenvalue weighted by Gasteiger charge is 2.26. The van der Waals surface area contributed by atoms with Gasteiger partial charge in [-0.05, 0) is 48.7 Å². The zero-order chi connectivity index (χ0) is 23.8. The Morgan fingerprint density at radius 1 is 0.882 bits per heavy atom. The molecule has 3 aromatic rings. The molecule has 8 heteroatoms. The van der Waals surface area contributed by atoms with Crippen molar-refractivity contribution >= 4 is 39.1 Å². The molecule has 0 atom stereocenters. The van der Waals surface area contributed by atoms with Crippen LogP contribution < -0.4 is 10.6 Å². The fourth-order valence-electron chi connectivity index (χ4n) is 3.84. The molecule has 1 aliphatic rings. The van der Waals surface area contributed by atoms with Gasteiger partial charge in [0.1, 0.15) is 0 Å². The van der Waals surface area contributed by atoms with Gasteiger partial charge in [0, 0.05) is 35.1 Å². The van der Waals surface area contributed by atoms with Crippen molar-refractivity contribution in [2.24, 2.45) is 0 Å². The van der Waals surface area contributed by atoms with Crippen LogP contribution in [0, 0.1) is 0 Å². The van der Waals surface area contributed by atoms with Gasteiger partial charge in [-0.2, -0.15) is 4.31 Å². The second-order valence-corrected chi connectivity index (χ2v) is 11.1. The summed E-state index contributed by atoms with van der Waals surface area (Å²) in [5.41, 5.74) is 2.59. The van der Waals surface area contributed by atoms with Gasteiger partial charge in [-0.25, -0.2) is 8.42 Å². The lowest BCUT2D eigenvalue weighted by Crippen LogP contribution is -2.35.